The topological polar surface area (TPSA) is 33.1 Å². The molecule has 1 heterocycles. The number of benzene rings is 1. The Morgan fingerprint density at radius 1 is 1.11 bits per heavy atom. The van der Waals surface area contributed by atoms with Crippen molar-refractivity contribution in [2.24, 2.45) is 0 Å². The van der Waals surface area contributed by atoms with Gasteiger partial charge in [0, 0.05) is 17.5 Å². The third-order valence-corrected chi connectivity index (χ3v) is 2.57. The van der Waals surface area contributed by atoms with E-state index in [9.17, 15) is 18.3 Å². The molecule has 0 saturated carbocycles. The van der Waals surface area contributed by atoms with E-state index >= 15 is 0 Å². The van der Waals surface area contributed by atoms with Crippen LogP contribution in [0.3, 0.4) is 0 Å². The second-order valence-electron chi connectivity index (χ2n) is 4.17. The van der Waals surface area contributed by atoms with E-state index < -0.39 is 18.7 Å². The van der Waals surface area contributed by atoms with Crippen LogP contribution in [0.15, 0.2) is 36.4 Å². The molecule has 96 valence electrons. The fraction of sp³-hybridized carbons (Fsp3) is 0.308. The van der Waals surface area contributed by atoms with Crippen LogP contribution < -0.4 is 0 Å². The molecular weight excluding hydrogens is 243 g/mol. The Kier molecular flexibility index (Phi) is 3.52. The van der Waals surface area contributed by atoms with Gasteiger partial charge in [0.2, 0.25) is 0 Å². The molecule has 0 bridgehead atoms. The summed E-state index contributed by atoms with van der Waals surface area (Å²) in [5.41, 5.74) is 1.18. The Morgan fingerprint density at radius 3 is 2.56 bits per heavy atom. The predicted octanol–water partition coefficient (Wildman–Crippen LogP) is 3.09. The van der Waals surface area contributed by atoms with E-state index in [2.05, 4.69) is 4.98 Å². The average Bonchev–Trinajstić information content (AvgIpc) is 2.26. The highest BCUT2D eigenvalue weighted by Gasteiger charge is 2.31. The first-order valence-corrected chi connectivity index (χ1v) is 5.53. The smallest absolute Gasteiger partial charge is 0.391 e. The van der Waals surface area contributed by atoms with Gasteiger partial charge < -0.3 is 5.11 Å². The summed E-state index contributed by atoms with van der Waals surface area (Å²) in [7, 11) is 0. The second-order valence-corrected chi connectivity index (χ2v) is 4.17. The monoisotopic (exact) mass is 255 g/mol. The summed E-state index contributed by atoms with van der Waals surface area (Å²) in [6.45, 7) is 0. The molecule has 0 spiro atoms. The number of alkyl halides is 3. The van der Waals surface area contributed by atoms with Gasteiger partial charge in [0.25, 0.3) is 0 Å². The Labute approximate surface area is 102 Å². The summed E-state index contributed by atoms with van der Waals surface area (Å²) in [5, 5.41) is 10.3. The van der Waals surface area contributed by atoms with Crippen molar-refractivity contribution in [2.75, 3.05) is 0 Å². The zero-order chi connectivity index (χ0) is 13.2. The van der Waals surface area contributed by atoms with Crippen LogP contribution in [-0.4, -0.2) is 22.4 Å². The van der Waals surface area contributed by atoms with E-state index in [1.807, 2.05) is 18.2 Å². The van der Waals surface area contributed by atoms with Gasteiger partial charge in [-0.3, -0.25) is 4.98 Å². The average molecular weight is 255 g/mol. The summed E-state index contributed by atoms with van der Waals surface area (Å²) in [6, 6.07) is 10.8. The van der Waals surface area contributed by atoms with E-state index in [1.54, 1.807) is 18.2 Å². The molecule has 0 aliphatic rings. The lowest BCUT2D eigenvalue weighted by atomic mass is 10.1. The van der Waals surface area contributed by atoms with Crippen LogP contribution in [0.4, 0.5) is 13.2 Å². The maximum absolute atomic E-state index is 12.1. The maximum atomic E-state index is 12.1. The van der Waals surface area contributed by atoms with Gasteiger partial charge in [-0.2, -0.15) is 13.2 Å². The van der Waals surface area contributed by atoms with E-state index in [1.165, 1.54) is 0 Å². The molecule has 1 unspecified atom stereocenters. The number of fused-ring (bicyclic) bond motifs is 1. The molecule has 1 atom stereocenters. The van der Waals surface area contributed by atoms with Gasteiger partial charge in [-0.05, 0) is 12.1 Å². The molecule has 2 rings (SSSR count). The van der Waals surface area contributed by atoms with Gasteiger partial charge in [0.1, 0.15) is 0 Å². The van der Waals surface area contributed by atoms with Gasteiger partial charge in [-0.15, -0.1) is 0 Å². The van der Waals surface area contributed by atoms with Crippen LogP contribution >= 0.6 is 0 Å². The van der Waals surface area contributed by atoms with E-state index in [0.29, 0.717) is 11.2 Å². The van der Waals surface area contributed by atoms with Crippen LogP contribution in [-0.2, 0) is 6.42 Å². The zero-order valence-electron chi connectivity index (χ0n) is 9.48. The van der Waals surface area contributed by atoms with E-state index in [4.69, 9.17) is 0 Å². The van der Waals surface area contributed by atoms with Crippen LogP contribution in [0.25, 0.3) is 10.9 Å². The van der Waals surface area contributed by atoms with Crippen molar-refractivity contribution in [1.29, 1.82) is 0 Å². The number of aliphatic hydroxyl groups excluding tert-OH is 1. The molecule has 0 radical (unpaired) electrons. The van der Waals surface area contributed by atoms with Gasteiger partial charge in [-0.1, -0.05) is 24.3 Å². The summed E-state index contributed by atoms with van der Waals surface area (Å²) in [4.78, 5) is 4.22. The minimum Gasteiger partial charge on any atom is -0.392 e. The normalized spacial score (nSPS) is 13.8. The van der Waals surface area contributed by atoms with Crippen molar-refractivity contribution in [2.45, 2.75) is 25.1 Å². The van der Waals surface area contributed by atoms with Gasteiger partial charge in [0.15, 0.2) is 0 Å². The van der Waals surface area contributed by atoms with Gasteiger partial charge in [0.05, 0.1) is 18.0 Å². The van der Waals surface area contributed by atoms with Crippen LogP contribution in [0.5, 0.6) is 0 Å². The Morgan fingerprint density at radius 2 is 1.83 bits per heavy atom. The van der Waals surface area contributed by atoms with Gasteiger partial charge in [-0.25, -0.2) is 0 Å². The highest BCUT2D eigenvalue weighted by atomic mass is 19.4. The molecule has 18 heavy (non-hydrogen) atoms. The highest BCUT2D eigenvalue weighted by Crippen LogP contribution is 2.23. The zero-order valence-corrected chi connectivity index (χ0v) is 9.48. The number of halogens is 3. The molecule has 0 saturated heterocycles. The number of aromatic nitrogens is 1. The van der Waals surface area contributed by atoms with Crippen molar-refractivity contribution < 1.29 is 18.3 Å². The van der Waals surface area contributed by atoms with Crippen molar-refractivity contribution in [3.05, 3.63) is 42.1 Å². The number of rotatable bonds is 3. The number of nitrogens with zero attached hydrogens (tertiary/aromatic N) is 1. The summed E-state index contributed by atoms with van der Waals surface area (Å²) >= 11 is 0. The van der Waals surface area contributed by atoms with Crippen molar-refractivity contribution in [1.82, 2.24) is 4.98 Å². The predicted molar refractivity (Wildman–Crippen MR) is 62.1 cm³/mol. The number of para-hydroxylation sites is 1. The summed E-state index contributed by atoms with van der Waals surface area (Å²) in [5.74, 6) is 0. The highest BCUT2D eigenvalue weighted by molar-refractivity contribution is 5.78. The summed E-state index contributed by atoms with van der Waals surface area (Å²) in [6.07, 6.45) is -7.10. The van der Waals surface area contributed by atoms with Crippen LogP contribution in [0, 0.1) is 0 Å². The Hall–Kier alpha value is -1.62. The fourth-order valence-corrected chi connectivity index (χ4v) is 1.80. The molecule has 2 aromatic rings. The minimum absolute atomic E-state index is 0.0929. The van der Waals surface area contributed by atoms with Crippen molar-refractivity contribution >= 4 is 10.9 Å². The molecule has 0 aliphatic heterocycles. The maximum Gasteiger partial charge on any atom is 0.391 e. The third-order valence-electron chi connectivity index (χ3n) is 2.57. The first-order valence-electron chi connectivity index (χ1n) is 5.53. The minimum atomic E-state index is -4.35. The fourth-order valence-electron chi connectivity index (χ4n) is 1.80. The third kappa shape index (κ3) is 3.43. The van der Waals surface area contributed by atoms with Crippen molar-refractivity contribution in [3.63, 3.8) is 0 Å². The molecule has 0 fully saturated rings. The molecule has 2 nitrogen and oxygen atoms in total. The Balaban J connectivity index is 2.12. The van der Waals surface area contributed by atoms with E-state index in [0.717, 1.165) is 5.39 Å². The quantitative estimate of drug-likeness (QED) is 0.914. The summed E-state index contributed by atoms with van der Waals surface area (Å²) < 4.78 is 36.2. The molecule has 1 N–H and O–H groups in total. The van der Waals surface area contributed by atoms with Crippen molar-refractivity contribution in [3.8, 4) is 0 Å². The molecule has 1 aromatic heterocycles. The van der Waals surface area contributed by atoms with E-state index in [-0.39, 0.29) is 6.42 Å². The molecule has 0 amide bonds. The number of aliphatic hydroxyl groups is 1. The molecule has 0 aliphatic carbocycles. The molecule has 1 aromatic carbocycles. The second kappa shape index (κ2) is 4.94. The Bertz CT molecular complexity index is 539. The molecule has 5 heteroatoms. The first kappa shape index (κ1) is 12.8. The van der Waals surface area contributed by atoms with Crippen LogP contribution in [0.1, 0.15) is 12.1 Å². The lowest BCUT2D eigenvalue weighted by Gasteiger charge is -2.12. The number of hydrogen-bond donors (Lipinski definition) is 1. The lowest BCUT2D eigenvalue weighted by molar-refractivity contribution is -0.153. The SMILES string of the molecule is OC(Cc1ccc2ccccc2n1)CC(F)(F)F. The molecular formula is C13H12F3NO. The lowest BCUT2D eigenvalue weighted by Crippen LogP contribution is -2.21. The standard InChI is InChI=1S/C13H12F3NO/c14-13(15,16)8-11(18)7-10-6-5-9-3-1-2-4-12(9)17-10/h1-6,11,18H,7-8H2. The first-order chi connectivity index (χ1) is 8.44. The number of pyridine rings is 1. The number of hydrogen-bond acceptors (Lipinski definition) is 2. The van der Waals surface area contributed by atoms with Gasteiger partial charge >= 0.3 is 6.18 Å². The largest absolute Gasteiger partial charge is 0.392 e. The van der Waals surface area contributed by atoms with Crippen LogP contribution in [0.2, 0.25) is 0 Å².